The molecule has 0 heterocycles. The topological polar surface area (TPSA) is 55.4 Å². The second kappa shape index (κ2) is 7.36. The third-order valence-electron chi connectivity index (χ3n) is 2.96. The molecule has 2 rings (SSSR count). The number of ether oxygens (including phenoxy) is 1. The van der Waals surface area contributed by atoms with Crippen molar-refractivity contribution in [1.29, 1.82) is 0 Å². The first-order valence-corrected chi connectivity index (χ1v) is 6.93. The van der Waals surface area contributed by atoms with Crippen LogP contribution in [-0.2, 0) is 0 Å². The molecular weight excluding hydrogens is 285 g/mol. The van der Waals surface area contributed by atoms with E-state index in [1.54, 1.807) is 18.2 Å². The predicted octanol–water partition coefficient (Wildman–Crippen LogP) is 3.68. The van der Waals surface area contributed by atoms with Gasteiger partial charge >= 0.3 is 0 Å². The summed E-state index contributed by atoms with van der Waals surface area (Å²) in [6.45, 7) is 2.47. The Hall–Kier alpha value is -2.69. The highest BCUT2D eigenvalue weighted by Crippen LogP contribution is 2.26. The highest BCUT2D eigenvalue weighted by atomic mass is 19.1. The van der Waals surface area contributed by atoms with Crippen molar-refractivity contribution in [1.82, 2.24) is 0 Å². The molecule has 0 aromatic heterocycles. The van der Waals surface area contributed by atoms with Gasteiger partial charge in [-0.05, 0) is 48.9 Å². The maximum absolute atomic E-state index is 12.9. The molecule has 0 atom stereocenters. The zero-order valence-corrected chi connectivity index (χ0v) is 12.1. The quantitative estimate of drug-likeness (QED) is 0.828. The number of nitrogens with one attached hydrogen (secondary N) is 1. The summed E-state index contributed by atoms with van der Waals surface area (Å²) in [4.78, 5) is 23.1. The first-order chi connectivity index (χ1) is 10.6. The lowest BCUT2D eigenvalue weighted by atomic mass is 10.1. The third-order valence-corrected chi connectivity index (χ3v) is 2.96. The van der Waals surface area contributed by atoms with Crippen LogP contribution in [0.15, 0.2) is 42.5 Å². The summed E-state index contributed by atoms with van der Waals surface area (Å²) >= 11 is 0. The van der Waals surface area contributed by atoms with Crippen molar-refractivity contribution in [2.45, 2.75) is 13.3 Å². The van der Waals surface area contributed by atoms with Crippen LogP contribution < -0.4 is 10.1 Å². The van der Waals surface area contributed by atoms with Gasteiger partial charge in [0, 0.05) is 11.1 Å². The molecule has 0 aliphatic heterocycles. The Bertz CT molecular complexity index is 668. The number of hydrogen-bond donors (Lipinski definition) is 1. The number of carbonyl (C=O) groups excluding carboxylic acids is 2. The van der Waals surface area contributed by atoms with Crippen molar-refractivity contribution in [3.63, 3.8) is 0 Å². The molecule has 5 heteroatoms. The van der Waals surface area contributed by atoms with E-state index in [0.717, 1.165) is 6.42 Å². The van der Waals surface area contributed by atoms with Crippen LogP contribution in [0.25, 0.3) is 0 Å². The minimum atomic E-state index is -0.411. The van der Waals surface area contributed by atoms with E-state index >= 15 is 0 Å². The van der Waals surface area contributed by atoms with Crippen LogP contribution >= 0.6 is 0 Å². The van der Waals surface area contributed by atoms with Crippen LogP contribution in [0.2, 0.25) is 0 Å². The van der Waals surface area contributed by atoms with E-state index in [2.05, 4.69) is 5.32 Å². The van der Waals surface area contributed by atoms with Gasteiger partial charge in [-0.15, -0.1) is 0 Å². The van der Waals surface area contributed by atoms with E-state index in [1.807, 2.05) is 6.92 Å². The first kappa shape index (κ1) is 15.7. The van der Waals surface area contributed by atoms with Gasteiger partial charge in [-0.2, -0.15) is 0 Å². The summed E-state index contributed by atoms with van der Waals surface area (Å²) in [5.41, 5.74) is 1.16. The largest absolute Gasteiger partial charge is 0.491 e. The van der Waals surface area contributed by atoms with Gasteiger partial charge in [-0.3, -0.25) is 9.59 Å². The molecule has 0 saturated heterocycles. The van der Waals surface area contributed by atoms with Gasteiger partial charge in [0.05, 0.1) is 12.3 Å². The van der Waals surface area contributed by atoms with Crippen molar-refractivity contribution in [3.05, 3.63) is 59.4 Å². The number of rotatable bonds is 6. The molecule has 0 radical (unpaired) electrons. The molecule has 0 aliphatic rings. The summed E-state index contributed by atoms with van der Waals surface area (Å²) in [6.07, 6.45) is 1.51. The van der Waals surface area contributed by atoms with Gasteiger partial charge in [-0.1, -0.05) is 6.92 Å². The van der Waals surface area contributed by atoms with E-state index in [0.29, 0.717) is 35.5 Å². The normalized spacial score (nSPS) is 10.1. The van der Waals surface area contributed by atoms with Gasteiger partial charge in [0.2, 0.25) is 0 Å². The first-order valence-electron chi connectivity index (χ1n) is 6.93. The SMILES string of the molecule is CCCOc1ccc(C=O)cc1NC(=O)c1ccc(F)cc1. The zero-order chi connectivity index (χ0) is 15.9. The number of aldehydes is 1. The molecule has 0 fully saturated rings. The van der Waals surface area contributed by atoms with Gasteiger partial charge in [0.25, 0.3) is 5.91 Å². The Labute approximate surface area is 127 Å². The van der Waals surface area contributed by atoms with E-state index < -0.39 is 11.7 Å². The highest BCUT2D eigenvalue weighted by Gasteiger charge is 2.11. The van der Waals surface area contributed by atoms with E-state index in [9.17, 15) is 14.0 Å². The van der Waals surface area contributed by atoms with Crippen molar-refractivity contribution < 1.29 is 18.7 Å². The maximum Gasteiger partial charge on any atom is 0.255 e. The summed E-state index contributed by atoms with van der Waals surface area (Å²) in [5, 5.41) is 2.68. The van der Waals surface area contributed by atoms with E-state index in [4.69, 9.17) is 4.74 Å². The van der Waals surface area contributed by atoms with Crippen molar-refractivity contribution >= 4 is 17.9 Å². The lowest BCUT2D eigenvalue weighted by molar-refractivity contribution is 0.102. The van der Waals surface area contributed by atoms with Crippen molar-refractivity contribution in [3.8, 4) is 5.75 Å². The Balaban J connectivity index is 2.23. The van der Waals surface area contributed by atoms with Crippen LogP contribution in [0.3, 0.4) is 0 Å². The molecule has 0 spiro atoms. The Morgan fingerprint density at radius 1 is 1.23 bits per heavy atom. The van der Waals surface area contributed by atoms with Gasteiger partial charge in [0.15, 0.2) is 0 Å². The Morgan fingerprint density at radius 2 is 1.95 bits per heavy atom. The number of carbonyl (C=O) groups is 2. The molecule has 1 N–H and O–H groups in total. The number of amides is 1. The predicted molar refractivity (Wildman–Crippen MR) is 82.0 cm³/mol. The molecule has 0 unspecified atom stereocenters. The lowest BCUT2D eigenvalue weighted by Crippen LogP contribution is -2.13. The molecule has 114 valence electrons. The van der Waals surface area contributed by atoms with Crippen LogP contribution in [0.4, 0.5) is 10.1 Å². The average Bonchev–Trinajstić information content (AvgIpc) is 2.54. The molecule has 22 heavy (non-hydrogen) atoms. The fraction of sp³-hybridized carbons (Fsp3) is 0.176. The summed E-state index contributed by atoms with van der Waals surface area (Å²) < 4.78 is 18.4. The summed E-state index contributed by atoms with van der Waals surface area (Å²) in [7, 11) is 0. The molecular formula is C17H16FNO3. The molecule has 0 bridgehead atoms. The number of hydrogen-bond acceptors (Lipinski definition) is 3. The van der Waals surface area contributed by atoms with Crippen LogP contribution in [-0.4, -0.2) is 18.8 Å². The standard InChI is InChI=1S/C17H16FNO3/c1-2-9-22-16-8-3-12(11-20)10-15(16)19-17(21)13-4-6-14(18)7-5-13/h3-8,10-11H,2,9H2,1H3,(H,19,21). The Morgan fingerprint density at radius 3 is 2.59 bits per heavy atom. The number of anilines is 1. The smallest absolute Gasteiger partial charge is 0.255 e. The zero-order valence-electron chi connectivity index (χ0n) is 12.1. The summed E-state index contributed by atoms with van der Waals surface area (Å²) in [6, 6.07) is 10.0. The molecule has 1 amide bonds. The average molecular weight is 301 g/mol. The second-order valence-electron chi connectivity index (χ2n) is 4.68. The molecule has 4 nitrogen and oxygen atoms in total. The van der Waals surface area contributed by atoms with E-state index in [1.165, 1.54) is 24.3 Å². The molecule has 2 aromatic rings. The minimum absolute atomic E-state index is 0.319. The van der Waals surface area contributed by atoms with Crippen LogP contribution in [0.5, 0.6) is 5.75 Å². The van der Waals surface area contributed by atoms with Gasteiger partial charge in [0.1, 0.15) is 17.9 Å². The second-order valence-corrected chi connectivity index (χ2v) is 4.68. The molecule has 2 aromatic carbocycles. The van der Waals surface area contributed by atoms with E-state index in [-0.39, 0.29) is 0 Å². The lowest BCUT2D eigenvalue weighted by Gasteiger charge is -2.12. The fourth-order valence-electron chi connectivity index (χ4n) is 1.85. The van der Waals surface area contributed by atoms with Gasteiger partial charge < -0.3 is 10.1 Å². The van der Waals surface area contributed by atoms with Crippen molar-refractivity contribution in [2.75, 3.05) is 11.9 Å². The fourth-order valence-corrected chi connectivity index (χ4v) is 1.85. The molecule has 0 aliphatic carbocycles. The minimum Gasteiger partial charge on any atom is -0.491 e. The highest BCUT2D eigenvalue weighted by molar-refractivity contribution is 6.05. The Kier molecular flexibility index (Phi) is 5.25. The van der Waals surface area contributed by atoms with Crippen molar-refractivity contribution in [2.24, 2.45) is 0 Å². The van der Waals surface area contributed by atoms with Crippen LogP contribution in [0, 0.1) is 5.82 Å². The summed E-state index contributed by atoms with van der Waals surface area (Å²) in [5.74, 6) is -0.321. The van der Waals surface area contributed by atoms with Crippen LogP contribution in [0.1, 0.15) is 34.1 Å². The third kappa shape index (κ3) is 3.91. The van der Waals surface area contributed by atoms with Gasteiger partial charge in [-0.25, -0.2) is 4.39 Å². The number of halogens is 1. The monoisotopic (exact) mass is 301 g/mol. The maximum atomic E-state index is 12.9. The number of benzene rings is 2. The molecule has 0 saturated carbocycles.